The lowest BCUT2D eigenvalue weighted by Crippen LogP contribution is -2.05. The zero-order valence-electron chi connectivity index (χ0n) is 10.8. The van der Waals surface area contributed by atoms with E-state index in [1.807, 2.05) is 0 Å². The fourth-order valence-corrected chi connectivity index (χ4v) is 2.23. The number of fused-ring (bicyclic) bond motifs is 1. The predicted octanol–water partition coefficient (Wildman–Crippen LogP) is 3.41. The lowest BCUT2D eigenvalue weighted by molar-refractivity contribution is 0.760. The highest BCUT2D eigenvalue weighted by Gasteiger charge is 2.08. The summed E-state index contributed by atoms with van der Waals surface area (Å²) < 4.78 is 2.13. The van der Waals surface area contributed by atoms with Crippen molar-refractivity contribution in [3.8, 4) is 11.5 Å². The Labute approximate surface area is 106 Å². The number of nitrogens with zero attached hydrogens (tertiary/aromatic N) is 1. The maximum absolute atomic E-state index is 3.28. The predicted molar refractivity (Wildman–Crippen MR) is 75.3 cm³/mol. The molecule has 0 unspecified atom stereocenters. The van der Waals surface area contributed by atoms with Crippen molar-refractivity contribution in [3.63, 3.8) is 0 Å². The molecule has 2 radical (unpaired) electrons. The maximum Gasteiger partial charge on any atom is 0.154 e. The summed E-state index contributed by atoms with van der Waals surface area (Å²) in [6.45, 7) is 6.67. The quantitative estimate of drug-likeness (QED) is 0.490. The third-order valence-corrected chi connectivity index (χ3v) is 3.53. The van der Waals surface area contributed by atoms with Gasteiger partial charge in [-0.25, -0.2) is 0 Å². The van der Waals surface area contributed by atoms with Crippen LogP contribution in [0.4, 0.5) is 0 Å². The minimum absolute atomic E-state index is 0.309. The van der Waals surface area contributed by atoms with E-state index in [4.69, 9.17) is 0 Å². The molecule has 17 heavy (non-hydrogen) atoms. The van der Waals surface area contributed by atoms with Gasteiger partial charge in [-0.2, -0.15) is 0 Å². The van der Waals surface area contributed by atoms with Gasteiger partial charge in [-0.05, 0) is 29.3 Å². The molecule has 1 nitrogen and oxygen atoms in total. The summed E-state index contributed by atoms with van der Waals surface area (Å²) in [6, 6.07) is 8.53. The number of aromatic nitrogens is 1. The van der Waals surface area contributed by atoms with Gasteiger partial charge < -0.3 is 4.57 Å². The molecular formula is C15H17NSi. The van der Waals surface area contributed by atoms with Crippen LogP contribution < -0.4 is 0 Å². The summed E-state index contributed by atoms with van der Waals surface area (Å²) in [5.74, 6) is 3.26. The topological polar surface area (TPSA) is 4.93 Å². The molecule has 0 amide bonds. The molecule has 0 saturated heterocycles. The molecule has 2 aromatic rings. The maximum atomic E-state index is 3.28. The van der Waals surface area contributed by atoms with Crippen LogP contribution in [0.5, 0.6) is 0 Å². The third-order valence-electron chi connectivity index (χ3n) is 2.53. The minimum atomic E-state index is 0.309. The molecule has 1 aromatic carbocycles. The Morgan fingerprint density at radius 3 is 2.65 bits per heavy atom. The molecule has 0 bridgehead atoms. The first-order valence-electron chi connectivity index (χ1n) is 5.79. The zero-order chi connectivity index (χ0) is 12.5. The summed E-state index contributed by atoms with van der Waals surface area (Å²) in [6.07, 6.45) is 2.08. The first-order valence-corrected chi connectivity index (χ1v) is 6.79. The monoisotopic (exact) mass is 239 g/mol. The molecule has 0 aliphatic carbocycles. The van der Waals surface area contributed by atoms with Gasteiger partial charge in [-0.1, -0.05) is 26.7 Å². The van der Waals surface area contributed by atoms with Gasteiger partial charge in [-0.15, -0.1) is 5.54 Å². The number of hydrogen-bond donors (Lipinski definition) is 0. The average Bonchev–Trinajstić information content (AvgIpc) is 2.58. The number of aryl methyl sites for hydroxylation is 1. The largest absolute Gasteiger partial charge is 0.351 e. The zero-order valence-corrected chi connectivity index (χ0v) is 11.8. The highest BCUT2D eigenvalue weighted by Crippen LogP contribution is 2.19. The molecule has 1 aromatic heterocycles. The molecule has 2 rings (SSSR count). The fourth-order valence-electron chi connectivity index (χ4n) is 1.65. The van der Waals surface area contributed by atoms with Crippen LogP contribution in [0, 0.1) is 11.5 Å². The Kier molecular flexibility index (Phi) is 3.12. The van der Waals surface area contributed by atoms with Crippen LogP contribution in [-0.4, -0.2) is 14.1 Å². The van der Waals surface area contributed by atoms with Crippen molar-refractivity contribution in [2.75, 3.05) is 0 Å². The highest BCUT2D eigenvalue weighted by atomic mass is 28.2. The second kappa shape index (κ2) is 4.42. The van der Waals surface area contributed by atoms with Gasteiger partial charge in [0, 0.05) is 29.7 Å². The Balaban J connectivity index is 2.25. The third kappa shape index (κ3) is 3.01. The van der Waals surface area contributed by atoms with Crippen molar-refractivity contribution in [2.24, 2.45) is 7.05 Å². The Morgan fingerprint density at radius 1 is 1.18 bits per heavy atom. The second-order valence-corrected chi connectivity index (χ2v) is 7.33. The van der Waals surface area contributed by atoms with Crippen LogP contribution >= 0.6 is 0 Å². The van der Waals surface area contributed by atoms with E-state index in [0.717, 1.165) is 5.56 Å². The van der Waals surface area contributed by atoms with Crippen LogP contribution in [0.1, 0.15) is 26.3 Å². The second-order valence-electron chi connectivity index (χ2n) is 5.33. The number of rotatable bonds is 0. The SMILES string of the molecule is Cn1ccc2cc(C#C[Si]C(C)(C)C)ccc21. The van der Waals surface area contributed by atoms with E-state index in [0.29, 0.717) is 14.6 Å². The van der Waals surface area contributed by atoms with Gasteiger partial charge in [0.05, 0.1) is 0 Å². The molecular weight excluding hydrogens is 222 g/mol. The average molecular weight is 239 g/mol. The summed E-state index contributed by atoms with van der Waals surface area (Å²) in [7, 11) is 2.75. The van der Waals surface area contributed by atoms with E-state index in [2.05, 4.69) is 74.3 Å². The fraction of sp³-hybridized carbons (Fsp3) is 0.333. The molecule has 0 fully saturated rings. The van der Waals surface area contributed by atoms with Crippen molar-refractivity contribution >= 4 is 20.4 Å². The lowest BCUT2D eigenvalue weighted by atomic mass is 10.2. The summed E-state index contributed by atoms with van der Waals surface area (Å²) >= 11 is 0. The van der Waals surface area contributed by atoms with Crippen LogP contribution in [0.2, 0.25) is 5.04 Å². The van der Waals surface area contributed by atoms with Gasteiger partial charge in [0.2, 0.25) is 0 Å². The van der Waals surface area contributed by atoms with E-state index < -0.39 is 0 Å². The van der Waals surface area contributed by atoms with Gasteiger partial charge in [0.1, 0.15) is 0 Å². The van der Waals surface area contributed by atoms with Gasteiger partial charge in [0.15, 0.2) is 9.52 Å². The summed E-state index contributed by atoms with van der Waals surface area (Å²) in [5.41, 5.74) is 5.65. The van der Waals surface area contributed by atoms with E-state index in [1.54, 1.807) is 0 Å². The van der Waals surface area contributed by atoms with Crippen molar-refractivity contribution in [1.29, 1.82) is 0 Å². The molecule has 0 aliphatic heterocycles. The molecule has 0 N–H and O–H groups in total. The molecule has 2 heteroatoms. The number of benzene rings is 1. The first kappa shape index (κ1) is 12.0. The summed E-state index contributed by atoms with van der Waals surface area (Å²) in [4.78, 5) is 0. The molecule has 0 saturated carbocycles. The standard InChI is InChI=1S/C15H17NSi/c1-15(2,3)17-10-8-12-5-6-14-13(11-12)7-9-16(14)4/h5-7,9,11H,1-4H3. The van der Waals surface area contributed by atoms with E-state index in [1.165, 1.54) is 10.9 Å². The van der Waals surface area contributed by atoms with E-state index >= 15 is 0 Å². The van der Waals surface area contributed by atoms with E-state index in [-0.39, 0.29) is 0 Å². The van der Waals surface area contributed by atoms with Gasteiger partial charge >= 0.3 is 0 Å². The van der Waals surface area contributed by atoms with Crippen LogP contribution in [0.3, 0.4) is 0 Å². The van der Waals surface area contributed by atoms with Crippen LogP contribution in [-0.2, 0) is 7.05 Å². The summed E-state index contributed by atoms with van der Waals surface area (Å²) in [5, 5.41) is 1.57. The molecule has 0 spiro atoms. The lowest BCUT2D eigenvalue weighted by Gasteiger charge is -2.10. The van der Waals surface area contributed by atoms with Crippen molar-refractivity contribution < 1.29 is 0 Å². The van der Waals surface area contributed by atoms with Crippen molar-refractivity contribution in [2.45, 2.75) is 25.8 Å². The Morgan fingerprint density at radius 2 is 1.94 bits per heavy atom. The van der Waals surface area contributed by atoms with Gasteiger partial charge in [0.25, 0.3) is 0 Å². The smallest absolute Gasteiger partial charge is 0.154 e. The number of hydrogen-bond acceptors (Lipinski definition) is 0. The highest BCUT2D eigenvalue weighted by molar-refractivity contribution is 6.49. The Bertz CT molecular complexity index is 591. The van der Waals surface area contributed by atoms with Crippen LogP contribution in [0.25, 0.3) is 10.9 Å². The molecule has 0 atom stereocenters. The van der Waals surface area contributed by atoms with Crippen LogP contribution in [0.15, 0.2) is 30.5 Å². The Hall–Kier alpha value is -1.46. The molecule has 0 aliphatic rings. The normalized spacial score (nSPS) is 11.3. The molecule has 86 valence electrons. The first-order chi connectivity index (χ1) is 7.96. The van der Waals surface area contributed by atoms with Crippen molar-refractivity contribution in [3.05, 3.63) is 36.0 Å². The van der Waals surface area contributed by atoms with E-state index in [9.17, 15) is 0 Å². The minimum Gasteiger partial charge on any atom is -0.351 e. The van der Waals surface area contributed by atoms with Gasteiger partial charge in [-0.3, -0.25) is 0 Å². The van der Waals surface area contributed by atoms with Crippen molar-refractivity contribution in [1.82, 2.24) is 4.57 Å². The molecule has 1 heterocycles.